The fourth-order valence-corrected chi connectivity index (χ4v) is 3.54. The fourth-order valence-electron chi connectivity index (χ4n) is 3.54. The van der Waals surface area contributed by atoms with E-state index in [1.54, 1.807) is 20.8 Å². The molecule has 0 radical (unpaired) electrons. The van der Waals surface area contributed by atoms with Crippen LogP contribution in [0.5, 0.6) is 0 Å². The molecule has 1 aromatic heterocycles. The number of esters is 1. The molecule has 138 valence electrons. The van der Waals surface area contributed by atoms with Crippen LogP contribution >= 0.6 is 0 Å². The number of nitrogens with one attached hydrogen (secondary N) is 2. The van der Waals surface area contributed by atoms with Crippen molar-refractivity contribution < 1.29 is 19.1 Å². The minimum absolute atomic E-state index is 0.108. The molecule has 0 bridgehead atoms. The number of aromatic amines is 1. The summed E-state index contributed by atoms with van der Waals surface area (Å²) in [6, 6.07) is 0. The third kappa shape index (κ3) is 4.71. The summed E-state index contributed by atoms with van der Waals surface area (Å²) >= 11 is 0. The van der Waals surface area contributed by atoms with E-state index < -0.39 is 12.1 Å². The number of Topliss-reactive ketones (excluding diaryl/α,β-unsaturated/α-hetero) is 1. The third-order valence-corrected chi connectivity index (χ3v) is 4.94. The van der Waals surface area contributed by atoms with Gasteiger partial charge in [-0.2, -0.15) is 0 Å². The first kappa shape index (κ1) is 19.2. The van der Waals surface area contributed by atoms with Gasteiger partial charge in [-0.05, 0) is 52.0 Å². The third-order valence-electron chi connectivity index (χ3n) is 4.94. The van der Waals surface area contributed by atoms with Gasteiger partial charge in [-0.15, -0.1) is 0 Å². The van der Waals surface area contributed by atoms with Crippen LogP contribution < -0.4 is 5.32 Å². The van der Waals surface area contributed by atoms with E-state index in [-0.39, 0.29) is 17.4 Å². The number of aryl methyl sites for hydroxylation is 1. The first-order valence-corrected chi connectivity index (χ1v) is 9.00. The molecule has 1 fully saturated rings. The van der Waals surface area contributed by atoms with Gasteiger partial charge in [-0.1, -0.05) is 19.3 Å². The van der Waals surface area contributed by atoms with E-state index in [0.717, 1.165) is 12.8 Å². The predicted molar refractivity (Wildman–Crippen MR) is 94.7 cm³/mol. The Bertz CT molecular complexity index is 657. The highest BCUT2D eigenvalue weighted by Gasteiger charge is 2.25. The van der Waals surface area contributed by atoms with Crippen LogP contribution in [0.2, 0.25) is 0 Å². The van der Waals surface area contributed by atoms with Gasteiger partial charge in [0.05, 0.1) is 0 Å². The molecule has 0 unspecified atom stereocenters. The Morgan fingerprint density at radius 3 is 2.40 bits per heavy atom. The number of ketones is 1. The Labute approximate surface area is 148 Å². The lowest BCUT2D eigenvalue weighted by molar-refractivity contribution is -0.129. The summed E-state index contributed by atoms with van der Waals surface area (Å²) in [4.78, 5) is 39.0. The smallest absolute Gasteiger partial charge is 0.355 e. The number of carbonyl (C=O) groups is 3. The highest BCUT2D eigenvalue weighted by atomic mass is 16.5. The van der Waals surface area contributed by atoms with Crippen LogP contribution in [0.25, 0.3) is 0 Å². The summed E-state index contributed by atoms with van der Waals surface area (Å²) in [5.74, 6) is -0.490. The molecule has 0 saturated heterocycles. The molecule has 1 aliphatic carbocycles. The molecule has 6 nitrogen and oxygen atoms in total. The molecule has 1 aliphatic rings. The van der Waals surface area contributed by atoms with Crippen molar-refractivity contribution in [1.29, 1.82) is 0 Å². The molecule has 1 atom stereocenters. The number of amides is 1. The van der Waals surface area contributed by atoms with Gasteiger partial charge in [-0.25, -0.2) is 4.79 Å². The number of carbonyl (C=O) groups excluding carboxylic acids is 3. The maximum absolute atomic E-state index is 12.3. The van der Waals surface area contributed by atoms with Crippen molar-refractivity contribution in [2.24, 2.45) is 5.92 Å². The lowest BCUT2D eigenvalue weighted by Gasteiger charge is -2.22. The number of hydrogen-bond acceptors (Lipinski definition) is 4. The average Bonchev–Trinajstić information content (AvgIpc) is 2.88. The maximum atomic E-state index is 12.3. The first-order valence-electron chi connectivity index (χ1n) is 9.00. The molecule has 2 rings (SSSR count). The minimum atomic E-state index is -0.875. The Balaban J connectivity index is 1.92. The summed E-state index contributed by atoms with van der Waals surface area (Å²) in [6.07, 6.45) is 5.12. The standard InChI is InChI=1S/C19H28N2O4/c1-11-16(13(3)22)12(2)21-17(11)19(24)25-14(4)18(23)20-10-15-8-6-5-7-9-15/h14-15,21H,5-10H2,1-4H3,(H,20,23)/t14-/m0/s1. The van der Waals surface area contributed by atoms with Crippen molar-refractivity contribution in [3.8, 4) is 0 Å². The van der Waals surface area contributed by atoms with E-state index in [1.165, 1.54) is 26.2 Å². The SMILES string of the molecule is CC(=O)c1c(C)[nH]c(C(=O)O[C@@H](C)C(=O)NCC2CCCCC2)c1C. The number of H-pyrrole nitrogens is 1. The molecule has 2 N–H and O–H groups in total. The molecular formula is C19H28N2O4. The number of ether oxygens (including phenoxy) is 1. The van der Waals surface area contributed by atoms with Crippen molar-refractivity contribution in [2.45, 2.75) is 65.9 Å². The normalized spacial score (nSPS) is 16.3. The Morgan fingerprint density at radius 1 is 1.20 bits per heavy atom. The monoisotopic (exact) mass is 348 g/mol. The summed E-state index contributed by atoms with van der Waals surface area (Å²) < 4.78 is 5.27. The van der Waals surface area contributed by atoms with Gasteiger partial charge in [0.25, 0.3) is 5.91 Å². The summed E-state index contributed by atoms with van der Waals surface area (Å²) in [6.45, 7) is 7.09. The second-order valence-electron chi connectivity index (χ2n) is 6.98. The quantitative estimate of drug-likeness (QED) is 0.611. The Kier molecular flexibility index (Phi) is 6.39. The van der Waals surface area contributed by atoms with Crippen LogP contribution in [0.4, 0.5) is 0 Å². The highest BCUT2D eigenvalue weighted by Crippen LogP contribution is 2.23. The Hall–Kier alpha value is -2.11. The molecular weight excluding hydrogens is 320 g/mol. The van der Waals surface area contributed by atoms with Crippen LogP contribution in [0, 0.1) is 19.8 Å². The summed E-state index contributed by atoms with van der Waals surface area (Å²) in [7, 11) is 0. The molecule has 1 saturated carbocycles. The van der Waals surface area contributed by atoms with Gasteiger partial charge in [0.1, 0.15) is 5.69 Å². The molecule has 1 amide bonds. The van der Waals surface area contributed by atoms with Crippen molar-refractivity contribution >= 4 is 17.7 Å². The summed E-state index contributed by atoms with van der Waals surface area (Å²) in [5.41, 5.74) is 1.92. The zero-order chi connectivity index (χ0) is 18.6. The van der Waals surface area contributed by atoms with E-state index >= 15 is 0 Å². The molecule has 1 heterocycles. The Morgan fingerprint density at radius 2 is 1.84 bits per heavy atom. The minimum Gasteiger partial charge on any atom is -0.448 e. The van der Waals surface area contributed by atoms with E-state index in [4.69, 9.17) is 4.74 Å². The maximum Gasteiger partial charge on any atom is 0.355 e. The van der Waals surface area contributed by atoms with Crippen LogP contribution in [-0.2, 0) is 9.53 Å². The van der Waals surface area contributed by atoms with Crippen LogP contribution in [0.3, 0.4) is 0 Å². The van der Waals surface area contributed by atoms with Gasteiger partial charge >= 0.3 is 5.97 Å². The topological polar surface area (TPSA) is 88.3 Å². The lowest BCUT2D eigenvalue weighted by Crippen LogP contribution is -2.38. The number of aromatic nitrogens is 1. The molecule has 1 aromatic rings. The van der Waals surface area contributed by atoms with Gasteiger partial charge in [0.2, 0.25) is 0 Å². The van der Waals surface area contributed by atoms with Crippen molar-refractivity contribution in [2.75, 3.05) is 6.54 Å². The van der Waals surface area contributed by atoms with E-state index in [2.05, 4.69) is 10.3 Å². The number of rotatable bonds is 6. The van der Waals surface area contributed by atoms with E-state index in [1.807, 2.05) is 0 Å². The van der Waals surface area contributed by atoms with Gasteiger partial charge < -0.3 is 15.0 Å². The van der Waals surface area contributed by atoms with Crippen LogP contribution in [0.15, 0.2) is 0 Å². The second kappa shape index (κ2) is 8.32. The van der Waals surface area contributed by atoms with Gasteiger partial charge in [0.15, 0.2) is 11.9 Å². The molecule has 0 aliphatic heterocycles. The lowest BCUT2D eigenvalue weighted by atomic mass is 9.89. The average molecular weight is 348 g/mol. The van der Waals surface area contributed by atoms with E-state index in [0.29, 0.717) is 29.3 Å². The van der Waals surface area contributed by atoms with Gasteiger partial charge in [-0.3, -0.25) is 9.59 Å². The van der Waals surface area contributed by atoms with Crippen LogP contribution in [-0.4, -0.2) is 35.3 Å². The largest absolute Gasteiger partial charge is 0.448 e. The molecule has 0 spiro atoms. The fraction of sp³-hybridized carbons (Fsp3) is 0.632. The molecule has 0 aromatic carbocycles. The highest BCUT2D eigenvalue weighted by molar-refractivity contribution is 6.01. The van der Waals surface area contributed by atoms with Crippen LogP contribution in [0.1, 0.15) is 78.1 Å². The van der Waals surface area contributed by atoms with Crippen molar-refractivity contribution in [1.82, 2.24) is 10.3 Å². The second-order valence-corrected chi connectivity index (χ2v) is 6.98. The predicted octanol–water partition coefficient (Wildman–Crippen LogP) is 3.08. The van der Waals surface area contributed by atoms with E-state index in [9.17, 15) is 14.4 Å². The zero-order valence-electron chi connectivity index (χ0n) is 15.5. The van der Waals surface area contributed by atoms with Crippen molar-refractivity contribution in [3.63, 3.8) is 0 Å². The number of hydrogen-bond donors (Lipinski definition) is 2. The van der Waals surface area contributed by atoms with Crippen molar-refractivity contribution in [3.05, 3.63) is 22.5 Å². The zero-order valence-corrected chi connectivity index (χ0v) is 15.5. The summed E-state index contributed by atoms with van der Waals surface area (Å²) in [5, 5.41) is 2.88. The molecule has 25 heavy (non-hydrogen) atoms. The first-order chi connectivity index (χ1) is 11.8. The van der Waals surface area contributed by atoms with Gasteiger partial charge in [0, 0.05) is 17.8 Å². The molecule has 6 heteroatoms.